The highest BCUT2D eigenvalue weighted by molar-refractivity contribution is 5.91. The molecule has 0 N–H and O–H groups in total. The maximum absolute atomic E-state index is 13.0. The lowest BCUT2D eigenvalue weighted by atomic mass is 9.94. The number of hydrogen-bond acceptors (Lipinski definition) is 5. The predicted molar refractivity (Wildman–Crippen MR) is 138 cm³/mol. The second kappa shape index (κ2) is 12.2. The van der Waals surface area contributed by atoms with E-state index in [-0.39, 0.29) is 23.3 Å². The second-order valence-corrected chi connectivity index (χ2v) is 9.20. The van der Waals surface area contributed by atoms with E-state index in [1.54, 1.807) is 42.5 Å². The summed E-state index contributed by atoms with van der Waals surface area (Å²) in [5.74, 6) is 0.452. The molecule has 184 valence electrons. The van der Waals surface area contributed by atoms with Crippen molar-refractivity contribution in [3.8, 4) is 17.2 Å². The van der Waals surface area contributed by atoms with E-state index in [1.807, 2.05) is 38.1 Å². The molecule has 35 heavy (non-hydrogen) atoms. The number of aryl methyl sites for hydroxylation is 1. The van der Waals surface area contributed by atoms with Gasteiger partial charge in [-0.05, 0) is 66.1 Å². The molecule has 0 heterocycles. The van der Waals surface area contributed by atoms with E-state index in [0.717, 1.165) is 30.4 Å². The Bertz CT molecular complexity index is 1130. The van der Waals surface area contributed by atoms with Crippen LogP contribution in [0, 0.1) is 0 Å². The van der Waals surface area contributed by atoms with Crippen LogP contribution in [-0.2, 0) is 6.42 Å². The minimum atomic E-state index is -0.895. The van der Waals surface area contributed by atoms with Gasteiger partial charge in [0.1, 0.15) is 5.75 Å². The normalized spacial score (nSPS) is 10.9. The minimum Gasteiger partial charge on any atom is -0.419 e. The fourth-order valence-corrected chi connectivity index (χ4v) is 3.63. The SMILES string of the molecule is CCCCc1ccc(C(=O)Oc2cc(C(C)C)cc(C(C)C)c2OC(=O)Oc2ccccc2)cc1. The first-order valence-electron chi connectivity index (χ1n) is 12.2. The first-order valence-corrected chi connectivity index (χ1v) is 12.2. The molecule has 3 rings (SSSR count). The standard InChI is InChI=1S/C30H34O5/c1-6-7-11-22-14-16-23(17-15-22)29(31)34-27-19-24(20(2)3)18-26(21(4)5)28(27)35-30(32)33-25-12-9-8-10-13-25/h8-10,12-21H,6-7,11H2,1-5H3. The van der Waals surface area contributed by atoms with Gasteiger partial charge in [0.15, 0.2) is 11.5 Å². The van der Waals surface area contributed by atoms with E-state index in [2.05, 4.69) is 20.8 Å². The number of ether oxygens (including phenoxy) is 3. The quantitative estimate of drug-likeness (QED) is 0.178. The molecule has 5 nitrogen and oxygen atoms in total. The Hall–Kier alpha value is -3.60. The topological polar surface area (TPSA) is 61.8 Å². The number of carbonyl (C=O) groups excluding carboxylic acids is 2. The van der Waals surface area contributed by atoms with E-state index in [0.29, 0.717) is 11.3 Å². The van der Waals surface area contributed by atoms with Gasteiger partial charge in [-0.15, -0.1) is 0 Å². The molecule has 0 fully saturated rings. The molecule has 0 aromatic heterocycles. The highest BCUT2D eigenvalue weighted by Crippen LogP contribution is 2.40. The van der Waals surface area contributed by atoms with Crippen LogP contribution in [0.5, 0.6) is 17.2 Å². The fourth-order valence-electron chi connectivity index (χ4n) is 3.63. The summed E-state index contributed by atoms with van der Waals surface area (Å²) < 4.78 is 16.8. The van der Waals surface area contributed by atoms with Gasteiger partial charge < -0.3 is 14.2 Å². The summed E-state index contributed by atoms with van der Waals surface area (Å²) in [5.41, 5.74) is 3.36. The Morgan fingerprint density at radius 3 is 2.09 bits per heavy atom. The molecule has 0 bridgehead atoms. The molecule has 0 aliphatic rings. The van der Waals surface area contributed by atoms with Crippen molar-refractivity contribution >= 4 is 12.1 Å². The van der Waals surface area contributed by atoms with Crippen molar-refractivity contribution in [1.82, 2.24) is 0 Å². The van der Waals surface area contributed by atoms with Crippen LogP contribution >= 0.6 is 0 Å². The lowest BCUT2D eigenvalue weighted by Gasteiger charge is -2.19. The molecule has 0 saturated carbocycles. The third-order valence-electron chi connectivity index (χ3n) is 5.74. The van der Waals surface area contributed by atoms with Crippen molar-refractivity contribution in [2.24, 2.45) is 0 Å². The molecule has 0 aliphatic heterocycles. The molecule has 0 spiro atoms. The average molecular weight is 475 g/mol. The summed E-state index contributed by atoms with van der Waals surface area (Å²) in [7, 11) is 0. The average Bonchev–Trinajstić information content (AvgIpc) is 2.84. The predicted octanol–water partition coefficient (Wildman–Crippen LogP) is 8.07. The summed E-state index contributed by atoms with van der Waals surface area (Å²) in [6.07, 6.45) is 2.29. The zero-order valence-electron chi connectivity index (χ0n) is 21.2. The van der Waals surface area contributed by atoms with Crippen molar-refractivity contribution in [2.45, 2.75) is 65.7 Å². The largest absolute Gasteiger partial charge is 0.519 e. The molecule has 5 heteroatoms. The number of unbranched alkanes of at least 4 members (excludes halogenated alkanes) is 1. The third kappa shape index (κ3) is 7.19. The van der Waals surface area contributed by atoms with E-state index >= 15 is 0 Å². The van der Waals surface area contributed by atoms with Gasteiger partial charge >= 0.3 is 12.1 Å². The van der Waals surface area contributed by atoms with Crippen LogP contribution in [0.15, 0.2) is 66.7 Å². The van der Waals surface area contributed by atoms with Crippen molar-refractivity contribution in [3.63, 3.8) is 0 Å². The van der Waals surface area contributed by atoms with E-state index in [9.17, 15) is 9.59 Å². The summed E-state index contributed by atoms with van der Waals surface area (Å²) in [5, 5.41) is 0. The highest BCUT2D eigenvalue weighted by Gasteiger charge is 2.23. The summed E-state index contributed by atoms with van der Waals surface area (Å²) in [4.78, 5) is 25.7. The number of rotatable bonds is 9. The monoisotopic (exact) mass is 474 g/mol. The molecular formula is C30H34O5. The molecule has 3 aromatic rings. The van der Waals surface area contributed by atoms with Crippen LogP contribution in [0.3, 0.4) is 0 Å². The molecule has 0 amide bonds. The van der Waals surface area contributed by atoms with Gasteiger partial charge in [0.2, 0.25) is 0 Å². The van der Waals surface area contributed by atoms with Gasteiger partial charge in [-0.25, -0.2) is 9.59 Å². The fraction of sp³-hybridized carbons (Fsp3) is 0.333. The zero-order chi connectivity index (χ0) is 25.4. The molecule has 0 atom stereocenters. The molecule has 0 aliphatic carbocycles. The van der Waals surface area contributed by atoms with Crippen LogP contribution in [0.4, 0.5) is 4.79 Å². The van der Waals surface area contributed by atoms with Crippen molar-refractivity contribution in [2.75, 3.05) is 0 Å². The van der Waals surface area contributed by atoms with Crippen molar-refractivity contribution < 1.29 is 23.8 Å². The molecule has 0 saturated heterocycles. The van der Waals surface area contributed by atoms with E-state index in [4.69, 9.17) is 14.2 Å². The van der Waals surface area contributed by atoms with E-state index in [1.165, 1.54) is 5.56 Å². The van der Waals surface area contributed by atoms with Crippen molar-refractivity contribution in [3.05, 3.63) is 89.0 Å². The van der Waals surface area contributed by atoms with Crippen LogP contribution < -0.4 is 14.2 Å². The van der Waals surface area contributed by atoms with Gasteiger partial charge in [0, 0.05) is 5.56 Å². The first-order chi connectivity index (χ1) is 16.8. The maximum Gasteiger partial charge on any atom is 0.519 e. The summed E-state index contributed by atoms with van der Waals surface area (Å²) >= 11 is 0. The molecular weight excluding hydrogens is 440 g/mol. The Labute approximate surface area is 208 Å². The first kappa shape index (κ1) is 26.0. The van der Waals surface area contributed by atoms with Crippen LogP contribution in [0.2, 0.25) is 0 Å². The zero-order valence-corrected chi connectivity index (χ0v) is 21.2. The van der Waals surface area contributed by atoms with Gasteiger partial charge in [-0.3, -0.25) is 0 Å². The Morgan fingerprint density at radius 2 is 1.49 bits per heavy atom. The molecule has 0 unspecified atom stereocenters. The van der Waals surface area contributed by atoms with Gasteiger partial charge in [-0.1, -0.05) is 77.4 Å². The Morgan fingerprint density at radius 1 is 0.800 bits per heavy atom. The minimum absolute atomic E-state index is 0.0172. The van der Waals surface area contributed by atoms with Gasteiger partial charge in [0.25, 0.3) is 0 Å². The molecule has 0 radical (unpaired) electrons. The molecule has 3 aromatic carbocycles. The van der Waals surface area contributed by atoms with Crippen LogP contribution in [0.1, 0.15) is 86.3 Å². The number of hydrogen-bond donors (Lipinski definition) is 0. The summed E-state index contributed by atoms with van der Waals surface area (Å²) in [6, 6.07) is 19.9. The number of esters is 1. The Kier molecular flexibility index (Phi) is 9.07. The third-order valence-corrected chi connectivity index (χ3v) is 5.74. The number of benzene rings is 3. The maximum atomic E-state index is 13.0. The Balaban J connectivity index is 1.91. The lowest BCUT2D eigenvalue weighted by Crippen LogP contribution is -2.17. The summed E-state index contributed by atoms with van der Waals surface area (Å²) in [6.45, 7) is 10.3. The van der Waals surface area contributed by atoms with Crippen molar-refractivity contribution in [1.29, 1.82) is 0 Å². The second-order valence-electron chi connectivity index (χ2n) is 9.20. The number of carbonyl (C=O) groups is 2. The van der Waals surface area contributed by atoms with Gasteiger partial charge in [-0.2, -0.15) is 0 Å². The smallest absolute Gasteiger partial charge is 0.419 e. The highest BCUT2D eigenvalue weighted by atomic mass is 16.7. The van der Waals surface area contributed by atoms with Crippen LogP contribution in [-0.4, -0.2) is 12.1 Å². The lowest BCUT2D eigenvalue weighted by molar-refractivity contribution is 0.0725. The van der Waals surface area contributed by atoms with Gasteiger partial charge in [0.05, 0.1) is 5.56 Å². The number of para-hydroxylation sites is 1. The van der Waals surface area contributed by atoms with E-state index < -0.39 is 12.1 Å². The van der Waals surface area contributed by atoms with Crippen LogP contribution in [0.25, 0.3) is 0 Å².